The maximum atomic E-state index is 14.6. The van der Waals surface area contributed by atoms with Crippen molar-refractivity contribution < 1.29 is 14.0 Å². The molecule has 5 nitrogen and oxygen atoms in total. The maximum Gasteiger partial charge on any atom is 0.256 e. The highest BCUT2D eigenvalue weighted by Crippen LogP contribution is 2.36. The highest BCUT2D eigenvalue weighted by atomic mass is 19.1. The van der Waals surface area contributed by atoms with Crippen molar-refractivity contribution in [2.24, 2.45) is 5.41 Å². The molecule has 3 rings (SSSR count). The molecule has 2 aromatic rings. The van der Waals surface area contributed by atoms with Crippen LogP contribution in [0.3, 0.4) is 0 Å². The van der Waals surface area contributed by atoms with Gasteiger partial charge in [0.2, 0.25) is 5.91 Å². The normalized spacial score (nSPS) is 14.7. The summed E-state index contributed by atoms with van der Waals surface area (Å²) in [7, 11) is 0. The Labute approximate surface area is 164 Å². The molecule has 28 heavy (non-hydrogen) atoms. The molecular formula is C22H24FN3O2. The highest BCUT2D eigenvalue weighted by Gasteiger charge is 2.34. The van der Waals surface area contributed by atoms with E-state index in [-0.39, 0.29) is 11.6 Å². The van der Waals surface area contributed by atoms with Gasteiger partial charge in [0.25, 0.3) is 5.91 Å². The Bertz CT molecular complexity index is 1010. The molecule has 2 heterocycles. The molecule has 2 amide bonds. The Morgan fingerprint density at radius 1 is 1.29 bits per heavy atom. The number of aromatic nitrogens is 1. The molecular weight excluding hydrogens is 357 g/mol. The lowest BCUT2D eigenvalue weighted by atomic mass is 9.81. The lowest BCUT2D eigenvalue weighted by Gasteiger charge is -2.30. The zero-order chi connectivity index (χ0) is 20.6. The van der Waals surface area contributed by atoms with Crippen LogP contribution >= 0.6 is 0 Å². The van der Waals surface area contributed by atoms with Gasteiger partial charge in [-0.2, -0.15) is 0 Å². The summed E-state index contributed by atoms with van der Waals surface area (Å²) in [6.07, 6.45) is 3.97. The largest absolute Gasteiger partial charge is 0.325 e. The van der Waals surface area contributed by atoms with Crippen molar-refractivity contribution in [2.45, 2.75) is 41.0 Å². The quantitative estimate of drug-likeness (QED) is 0.808. The molecule has 1 aliphatic rings. The average Bonchev–Trinajstić information content (AvgIpc) is 2.58. The number of hydrogen-bond acceptors (Lipinski definition) is 3. The smallest absolute Gasteiger partial charge is 0.256 e. The monoisotopic (exact) mass is 381 g/mol. The van der Waals surface area contributed by atoms with E-state index in [0.29, 0.717) is 28.9 Å². The second-order valence-corrected chi connectivity index (χ2v) is 8.09. The Balaban J connectivity index is 1.95. The molecule has 1 aliphatic heterocycles. The van der Waals surface area contributed by atoms with Crippen LogP contribution in [-0.4, -0.2) is 16.8 Å². The molecule has 0 aliphatic carbocycles. The number of allylic oxidation sites excluding steroid dienone is 1. The minimum absolute atomic E-state index is 0.0910. The number of aryl methyl sites for hydroxylation is 1. The number of halogens is 1. The number of benzene rings is 1. The van der Waals surface area contributed by atoms with Crippen molar-refractivity contribution in [3.05, 3.63) is 58.2 Å². The zero-order valence-electron chi connectivity index (χ0n) is 16.7. The number of rotatable bonds is 3. The average molecular weight is 381 g/mol. The molecule has 0 saturated heterocycles. The number of pyridine rings is 1. The van der Waals surface area contributed by atoms with E-state index in [1.165, 1.54) is 6.07 Å². The molecule has 0 saturated carbocycles. The van der Waals surface area contributed by atoms with E-state index >= 15 is 0 Å². The standard InChI is InChI=1S/C22H24FN3O2/c1-12(2)6-15-11-24-13(3)7-16(15)20(27)25-19-8-14-10-22(4,5)21(28)26-18(14)9-17(19)23/h6-9,11H,10H2,1-5H3,(H,25,27)(H,26,28). The van der Waals surface area contributed by atoms with Crippen LogP contribution in [0.1, 0.15) is 54.9 Å². The van der Waals surface area contributed by atoms with Crippen LogP contribution in [0.2, 0.25) is 0 Å². The molecule has 0 fully saturated rings. The molecule has 0 atom stereocenters. The van der Waals surface area contributed by atoms with Crippen molar-refractivity contribution >= 4 is 29.3 Å². The first-order valence-electron chi connectivity index (χ1n) is 9.13. The van der Waals surface area contributed by atoms with E-state index in [1.807, 2.05) is 33.8 Å². The first-order valence-corrected chi connectivity index (χ1v) is 9.13. The number of amides is 2. The van der Waals surface area contributed by atoms with Crippen molar-refractivity contribution in [1.29, 1.82) is 0 Å². The summed E-state index contributed by atoms with van der Waals surface area (Å²) in [5.74, 6) is -1.15. The van der Waals surface area contributed by atoms with E-state index in [4.69, 9.17) is 0 Å². The van der Waals surface area contributed by atoms with E-state index in [1.54, 1.807) is 25.3 Å². The van der Waals surface area contributed by atoms with Crippen LogP contribution in [-0.2, 0) is 11.2 Å². The van der Waals surface area contributed by atoms with Gasteiger partial charge in [-0.25, -0.2) is 4.39 Å². The highest BCUT2D eigenvalue weighted by molar-refractivity contribution is 6.07. The van der Waals surface area contributed by atoms with E-state index < -0.39 is 17.1 Å². The van der Waals surface area contributed by atoms with Gasteiger partial charge < -0.3 is 10.6 Å². The Hall–Kier alpha value is -3.02. The van der Waals surface area contributed by atoms with Crippen LogP contribution in [0.15, 0.2) is 30.0 Å². The number of anilines is 2. The molecule has 1 aromatic heterocycles. The predicted molar refractivity (Wildman–Crippen MR) is 109 cm³/mol. The zero-order valence-corrected chi connectivity index (χ0v) is 16.7. The molecule has 0 radical (unpaired) electrons. The number of hydrogen-bond donors (Lipinski definition) is 2. The summed E-state index contributed by atoms with van der Waals surface area (Å²) < 4.78 is 14.6. The van der Waals surface area contributed by atoms with Gasteiger partial charge in [0, 0.05) is 28.6 Å². The summed E-state index contributed by atoms with van der Waals surface area (Å²) >= 11 is 0. The number of carbonyl (C=O) groups is 2. The first-order chi connectivity index (χ1) is 13.1. The van der Waals surface area contributed by atoms with E-state index in [2.05, 4.69) is 15.6 Å². The Kier molecular flexibility index (Phi) is 5.06. The van der Waals surface area contributed by atoms with Gasteiger partial charge in [-0.1, -0.05) is 25.5 Å². The van der Waals surface area contributed by atoms with Crippen molar-refractivity contribution in [2.75, 3.05) is 10.6 Å². The van der Waals surface area contributed by atoms with Crippen LogP contribution in [0, 0.1) is 18.2 Å². The van der Waals surface area contributed by atoms with Crippen LogP contribution in [0.5, 0.6) is 0 Å². The molecule has 2 N–H and O–H groups in total. The fraction of sp³-hybridized carbons (Fsp3) is 0.318. The number of fused-ring (bicyclic) bond motifs is 1. The number of carbonyl (C=O) groups excluding carboxylic acids is 2. The summed E-state index contributed by atoms with van der Waals surface area (Å²) in [6.45, 7) is 9.32. The molecule has 146 valence electrons. The van der Waals surface area contributed by atoms with E-state index in [0.717, 1.165) is 11.1 Å². The third-order valence-electron chi connectivity index (χ3n) is 4.70. The molecule has 0 spiro atoms. The maximum absolute atomic E-state index is 14.6. The summed E-state index contributed by atoms with van der Waals surface area (Å²) in [6, 6.07) is 4.54. The van der Waals surface area contributed by atoms with Crippen molar-refractivity contribution in [3.8, 4) is 0 Å². The van der Waals surface area contributed by atoms with Gasteiger partial charge in [0.15, 0.2) is 0 Å². The Morgan fingerprint density at radius 3 is 2.68 bits per heavy atom. The summed E-state index contributed by atoms with van der Waals surface area (Å²) in [5, 5.41) is 5.41. The van der Waals surface area contributed by atoms with Crippen LogP contribution < -0.4 is 10.6 Å². The molecule has 1 aromatic carbocycles. The van der Waals surface area contributed by atoms with Crippen molar-refractivity contribution in [1.82, 2.24) is 4.98 Å². The van der Waals surface area contributed by atoms with Gasteiger partial charge in [0.1, 0.15) is 5.82 Å². The van der Waals surface area contributed by atoms with Gasteiger partial charge in [-0.3, -0.25) is 14.6 Å². The SMILES string of the molecule is CC(C)=Cc1cnc(C)cc1C(=O)Nc1cc2c(cc1F)NC(=O)C(C)(C)C2. The van der Waals surface area contributed by atoms with Gasteiger partial charge in [-0.15, -0.1) is 0 Å². The van der Waals surface area contributed by atoms with Gasteiger partial charge >= 0.3 is 0 Å². The van der Waals surface area contributed by atoms with E-state index in [9.17, 15) is 14.0 Å². The predicted octanol–water partition coefficient (Wildman–Crippen LogP) is 4.73. The first kappa shape index (κ1) is 19.7. The molecule has 0 unspecified atom stereocenters. The second kappa shape index (κ2) is 7.19. The lowest BCUT2D eigenvalue weighted by Crippen LogP contribution is -2.37. The molecule has 0 bridgehead atoms. The van der Waals surface area contributed by atoms with Crippen LogP contribution in [0.25, 0.3) is 6.08 Å². The van der Waals surface area contributed by atoms with Gasteiger partial charge in [-0.05, 0) is 51.0 Å². The number of nitrogens with one attached hydrogen (secondary N) is 2. The number of nitrogens with zero attached hydrogens (tertiary/aromatic N) is 1. The van der Waals surface area contributed by atoms with Crippen molar-refractivity contribution in [3.63, 3.8) is 0 Å². The minimum atomic E-state index is -0.596. The fourth-order valence-electron chi connectivity index (χ4n) is 3.21. The molecule has 6 heteroatoms. The third kappa shape index (κ3) is 3.96. The fourth-order valence-corrected chi connectivity index (χ4v) is 3.21. The summed E-state index contributed by atoms with van der Waals surface area (Å²) in [4.78, 5) is 29.2. The third-order valence-corrected chi connectivity index (χ3v) is 4.70. The topological polar surface area (TPSA) is 71.1 Å². The second-order valence-electron chi connectivity index (χ2n) is 8.09. The minimum Gasteiger partial charge on any atom is -0.325 e. The van der Waals surface area contributed by atoms with Gasteiger partial charge in [0.05, 0.1) is 11.3 Å². The summed E-state index contributed by atoms with van der Waals surface area (Å²) in [5.41, 5.74) is 3.57. The van der Waals surface area contributed by atoms with Crippen LogP contribution in [0.4, 0.5) is 15.8 Å². The Morgan fingerprint density at radius 2 is 2.00 bits per heavy atom. The lowest BCUT2D eigenvalue weighted by molar-refractivity contribution is -0.124.